The number of anilines is 2. The minimum atomic E-state index is -4.61. The molecule has 10 nitrogen and oxygen atoms in total. The lowest BCUT2D eigenvalue weighted by atomic mass is 9.93. The normalized spacial score (nSPS) is 17.3. The summed E-state index contributed by atoms with van der Waals surface area (Å²) in [6, 6.07) is 5.85. The zero-order valence-corrected chi connectivity index (χ0v) is 23.1. The van der Waals surface area contributed by atoms with Crippen LogP contribution in [0.2, 0.25) is 0 Å². The molecule has 0 bridgehead atoms. The molecule has 1 fully saturated rings. The fraction of sp³-hybridized carbons (Fsp3) is 0.321. The van der Waals surface area contributed by atoms with E-state index in [0.29, 0.717) is 35.3 Å². The van der Waals surface area contributed by atoms with Gasteiger partial charge in [-0.05, 0) is 51.1 Å². The zero-order valence-electron chi connectivity index (χ0n) is 23.1. The number of fused-ring (bicyclic) bond motifs is 1. The molecule has 1 aromatic carbocycles. The highest BCUT2D eigenvalue weighted by Gasteiger charge is 2.31. The van der Waals surface area contributed by atoms with Gasteiger partial charge in [-0.2, -0.15) is 13.2 Å². The number of amides is 2. The van der Waals surface area contributed by atoms with Gasteiger partial charge in [-0.25, -0.2) is 19.3 Å². The van der Waals surface area contributed by atoms with Crippen molar-refractivity contribution >= 4 is 29.5 Å². The van der Waals surface area contributed by atoms with Crippen molar-refractivity contribution in [3.05, 3.63) is 71.7 Å². The summed E-state index contributed by atoms with van der Waals surface area (Å²) in [5.74, 6) is -0.990. The van der Waals surface area contributed by atoms with Gasteiger partial charge in [0.2, 0.25) is 6.41 Å². The van der Waals surface area contributed by atoms with Gasteiger partial charge in [-0.3, -0.25) is 14.0 Å². The lowest BCUT2D eigenvalue weighted by Crippen LogP contribution is -2.38. The molecule has 4 N–H and O–H groups in total. The molecule has 0 aliphatic carbocycles. The Labute approximate surface area is 239 Å². The number of carbonyl (C=O) groups excluding carboxylic acids is 2. The van der Waals surface area contributed by atoms with Gasteiger partial charge in [0.15, 0.2) is 0 Å². The number of carbonyl (C=O) groups is 2. The van der Waals surface area contributed by atoms with Crippen LogP contribution in [0.4, 0.5) is 29.2 Å². The van der Waals surface area contributed by atoms with Crippen LogP contribution >= 0.6 is 0 Å². The molecule has 2 atom stereocenters. The van der Waals surface area contributed by atoms with Crippen molar-refractivity contribution in [1.82, 2.24) is 29.6 Å². The molecule has 222 valence electrons. The van der Waals surface area contributed by atoms with Crippen molar-refractivity contribution in [2.75, 3.05) is 31.7 Å². The number of nitrogen functional groups attached to an aromatic ring is 1. The Morgan fingerprint density at radius 3 is 2.52 bits per heavy atom. The standard InChI is InChI=1S/C26H25F4N7O.C2H5NO/c1-14-3-4-16(13-36(14)2)24-35-21(22-23(31)33-9-10-37(22)24)15-5-6-18(19(27)11-15)25(38)34-20-12-17(7-8-32-20)26(28,29)30;1-3-2-4/h5-12,14,16H,3-4,13H2,1-2H3,(H2,31,33)(H,32,34,38);2H,1H3,(H,3,4). The van der Waals surface area contributed by atoms with Gasteiger partial charge >= 0.3 is 6.18 Å². The maximum atomic E-state index is 15.2. The van der Waals surface area contributed by atoms with E-state index in [1.807, 2.05) is 4.40 Å². The number of imidazole rings is 1. The summed E-state index contributed by atoms with van der Waals surface area (Å²) < 4.78 is 56.0. The van der Waals surface area contributed by atoms with Gasteiger partial charge in [0.1, 0.15) is 34.5 Å². The van der Waals surface area contributed by atoms with Crippen molar-refractivity contribution in [3.8, 4) is 11.3 Å². The molecule has 4 heterocycles. The summed E-state index contributed by atoms with van der Waals surface area (Å²) in [7, 11) is 3.63. The van der Waals surface area contributed by atoms with E-state index in [4.69, 9.17) is 15.5 Å². The molecule has 2 unspecified atom stereocenters. The fourth-order valence-corrected chi connectivity index (χ4v) is 4.77. The summed E-state index contributed by atoms with van der Waals surface area (Å²) in [5.41, 5.74) is 6.22. The predicted molar refractivity (Wildman–Crippen MR) is 149 cm³/mol. The number of halogens is 4. The second-order valence-electron chi connectivity index (χ2n) is 9.90. The van der Waals surface area contributed by atoms with Crippen molar-refractivity contribution < 1.29 is 27.2 Å². The highest BCUT2D eigenvalue weighted by molar-refractivity contribution is 6.04. The first-order valence-corrected chi connectivity index (χ1v) is 13.0. The molecule has 14 heteroatoms. The number of piperidine rings is 1. The Bertz CT molecular complexity index is 1590. The van der Waals surface area contributed by atoms with Crippen LogP contribution in [0.15, 0.2) is 48.9 Å². The van der Waals surface area contributed by atoms with E-state index in [1.165, 1.54) is 12.1 Å². The predicted octanol–water partition coefficient (Wildman–Crippen LogP) is 4.34. The summed E-state index contributed by atoms with van der Waals surface area (Å²) in [6.45, 7) is 2.98. The number of hydrogen-bond donors (Lipinski definition) is 3. The lowest BCUT2D eigenvalue weighted by Gasteiger charge is -2.34. The summed E-state index contributed by atoms with van der Waals surface area (Å²) in [4.78, 5) is 36.7. The van der Waals surface area contributed by atoms with Crippen LogP contribution in [0.5, 0.6) is 0 Å². The molecular formula is C28H30F4N8O2. The highest BCUT2D eigenvalue weighted by atomic mass is 19.4. The minimum absolute atomic E-state index is 0.133. The van der Waals surface area contributed by atoms with Crippen molar-refractivity contribution in [3.63, 3.8) is 0 Å². The molecule has 42 heavy (non-hydrogen) atoms. The van der Waals surface area contributed by atoms with Crippen LogP contribution in [0, 0.1) is 5.82 Å². The van der Waals surface area contributed by atoms with Crippen LogP contribution < -0.4 is 16.4 Å². The van der Waals surface area contributed by atoms with Gasteiger partial charge in [0, 0.05) is 49.7 Å². The van der Waals surface area contributed by atoms with E-state index in [9.17, 15) is 18.0 Å². The summed E-state index contributed by atoms with van der Waals surface area (Å²) in [5, 5.41) is 4.47. The molecule has 1 saturated heterocycles. The molecular weight excluding hydrogens is 556 g/mol. The molecule has 0 radical (unpaired) electrons. The van der Waals surface area contributed by atoms with Crippen molar-refractivity contribution in [2.45, 2.75) is 37.9 Å². The maximum absolute atomic E-state index is 15.2. The van der Waals surface area contributed by atoms with Gasteiger partial charge in [0.25, 0.3) is 5.91 Å². The molecule has 5 rings (SSSR count). The molecule has 1 aliphatic heterocycles. The molecule has 4 aromatic rings. The topological polar surface area (TPSA) is 131 Å². The second-order valence-corrected chi connectivity index (χ2v) is 9.90. The van der Waals surface area contributed by atoms with Crippen LogP contribution in [0.25, 0.3) is 16.8 Å². The number of likely N-dealkylation sites (N-methyl/N-ethyl adjacent to an activating group) is 1. The molecule has 0 spiro atoms. The number of aromatic nitrogens is 4. The largest absolute Gasteiger partial charge is 0.416 e. The van der Waals surface area contributed by atoms with Crippen LogP contribution in [0.3, 0.4) is 0 Å². The van der Waals surface area contributed by atoms with Crippen LogP contribution in [0.1, 0.15) is 47.4 Å². The maximum Gasteiger partial charge on any atom is 0.416 e. The van der Waals surface area contributed by atoms with Crippen LogP contribution in [-0.2, 0) is 11.0 Å². The Balaban J connectivity index is 0.000000952. The zero-order chi connectivity index (χ0) is 30.6. The molecule has 2 amide bonds. The minimum Gasteiger partial charge on any atom is -0.382 e. The Morgan fingerprint density at radius 1 is 1.14 bits per heavy atom. The third-order valence-electron chi connectivity index (χ3n) is 7.10. The Morgan fingerprint density at radius 2 is 1.88 bits per heavy atom. The number of rotatable bonds is 5. The Kier molecular flexibility index (Phi) is 9.05. The van der Waals surface area contributed by atoms with E-state index < -0.39 is 23.5 Å². The molecule has 0 saturated carbocycles. The van der Waals surface area contributed by atoms with Gasteiger partial charge < -0.3 is 21.3 Å². The summed E-state index contributed by atoms with van der Waals surface area (Å²) in [6.07, 6.45) is 2.23. The number of nitrogens with one attached hydrogen (secondary N) is 2. The highest BCUT2D eigenvalue weighted by Crippen LogP contribution is 2.35. The number of nitrogens with zero attached hydrogens (tertiary/aromatic N) is 5. The SMILES string of the molecule is CC1CCC(c2nc(-c3ccc(C(=O)Nc4cc(C(F)(F)F)ccn4)c(F)c3)c3c(N)nccn23)CN1C.CNC=O. The average molecular weight is 587 g/mol. The van der Waals surface area contributed by atoms with Gasteiger partial charge in [-0.15, -0.1) is 0 Å². The van der Waals surface area contributed by atoms with Crippen molar-refractivity contribution in [2.24, 2.45) is 0 Å². The van der Waals surface area contributed by atoms with E-state index in [0.717, 1.165) is 43.5 Å². The summed E-state index contributed by atoms with van der Waals surface area (Å²) >= 11 is 0. The second kappa shape index (κ2) is 12.5. The number of benzene rings is 1. The third kappa shape index (κ3) is 6.48. The van der Waals surface area contributed by atoms with Crippen molar-refractivity contribution in [1.29, 1.82) is 0 Å². The van der Waals surface area contributed by atoms with Crippen LogP contribution in [-0.4, -0.2) is 63.3 Å². The van der Waals surface area contributed by atoms with E-state index in [2.05, 4.69) is 39.5 Å². The number of alkyl halides is 3. The molecule has 1 aliphatic rings. The lowest BCUT2D eigenvalue weighted by molar-refractivity contribution is -0.137. The number of likely N-dealkylation sites (tertiary alicyclic amines) is 1. The van der Waals surface area contributed by atoms with E-state index >= 15 is 4.39 Å². The average Bonchev–Trinajstić information content (AvgIpc) is 3.35. The monoisotopic (exact) mass is 586 g/mol. The van der Waals surface area contributed by atoms with Gasteiger partial charge in [0.05, 0.1) is 11.1 Å². The first kappa shape index (κ1) is 30.4. The fourth-order valence-electron chi connectivity index (χ4n) is 4.77. The first-order valence-electron chi connectivity index (χ1n) is 13.0. The smallest absolute Gasteiger partial charge is 0.382 e. The quantitative estimate of drug-likeness (QED) is 0.234. The van der Waals surface area contributed by atoms with Gasteiger partial charge in [-0.1, -0.05) is 6.07 Å². The number of hydrogen-bond acceptors (Lipinski definition) is 7. The third-order valence-corrected chi connectivity index (χ3v) is 7.10. The number of nitrogens with two attached hydrogens (primary N) is 1. The number of pyridine rings is 1. The Hall–Kier alpha value is -4.59. The first-order chi connectivity index (χ1) is 19.9. The van der Waals surface area contributed by atoms with E-state index in [-0.39, 0.29) is 23.1 Å². The van der Waals surface area contributed by atoms with E-state index in [1.54, 1.807) is 19.4 Å². The molecule has 3 aromatic heterocycles.